The van der Waals surface area contributed by atoms with Gasteiger partial charge in [0.2, 0.25) is 5.91 Å². The van der Waals surface area contributed by atoms with Gasteiger partial charge in [0.15, 0.2) is 9.84 Å². The molecular formula is C13H17NO3S. The van der Waals surface area contributed by atoms with E-state index in [0.717, 1.165) is 11.5 Å². The monoisotopic (exact) mass is 267 g/mol. The maximum atomic E-state index is 11.8. The van der Waals surface area contributed by atoms with Crippen LogP contribution in [0.4, 0.5) is 0 Å². The Hall–Kier alpha value is -1.62. The van der Waals surface area contributed by atoms with E-state index in [1.165, 1.54) is 12.1 Å². The van der Waals surface area contributed by atoms with Crippen molar-refractivity contribution in [1.82, 2.24) is 5.32 Å². The van der Waals surface area contributed by atoms with Crippen LogP contribution >= 0.6 is 0 Å². The second kappa shape index (κ2) is 6.35. The van der Waals surface area contributed by atoms with Crippen LogP contribution in [0.3, 0.4) is 0 Å². The fourth-order valence-corrected chi connectivity index (χ4v) is 2.20. The maximum absolute atomic E-state index is 11.8. The highest BCUT2D eigenvalue weighted by Gasteiger charge is 2.09. The number of sulfone groups is 1. The van der Waals surface area contributed by atoms with Gasteiger partial charge < -0.3 is 5.32 Å². The van der Waals surface area contributed by atoms with Crippen molar-refractivity contribution in [2.24, 2.45) is 5.92 Å². The number of carbonyl (C=O) groups is 1. The minimum Gasteiger partial charge on any atom is -0.352 e. The number of amides is 1. The number of nitrogens with one attached hydrogen (secondary N) is 1. The van der Waals surface area contributed by atoms with E-state index in [1.807, 2.05) is 13.8 Å². The quantitative estimate of drug-likeness (QED) is 0.827. The Morgan fingerprint density at radius 3 is 2.44 bits per heavy atom. The summed E-state index contributed by atoms with van der Waals surface area (Å²) in [5, 5.41) is 3.54. The molecule has 98 valence electrons. The Balaban J connectivity index is 2.69. The molecule has 0 atom stereocenters. The molecule has 0 heterocycles. The van der Waals surface area contributed by atoms with Gasteiger partial charge in [-0.1, -0.05) is 32.0 Å². The Bertz CT molecular complexity index is 518. The molecule has 0 bridgehead atoms. The van der Waals surface area contributed by atoms with Gasteiger partial charge in [-0.3, -0.25) is 4.79 Å². The Morgan fingerprint density at radius 1 is 1.28 bits per heavy atom. The van der Waals surface area contributed by atoms with Crippen LogP contribution in [0.25, 0.3) is 0 Å². The SMILES string of the molecule is CC(C)CNC(=O)C=CS(=O)(=O)c1ccccc1. The van der Waals surface area contributed by atoms with Crippen LogP contribution in [0, 0.1) is 5.92 Å². The first-order valence-electron chi connectivity index (χ1n) is 5.68. The van der Waals surface area contributed by atoms with Crippen molar-refractivity contribution in [1.29, 1.82) is 0 Å². The number of hydrogen-bond donors (Lipinski definition) is 1. The van der Waals surface area contributed by atoms with E-state index in [0.29, 0.717) is 12.5 Å². The molecule has 0 unspecified atom stereocenters. The zero-order valence-corrected chi connectivity index (χ0v) is 11.3. The molecule has 0 fully saturated rings. The van der Waals surface area contributed by atoms with E-state index < -0.39 is 15.7 Å². The summed E-state index contributed by atoms with van der Waals surface area (Å²) in [6.07, 6.45) is 1.05. The van der Waals surface area contributed by atoms with E-state index >= 15 is 0 Å². The number of hydrogen-bond acceptors (Lipinski definition) is 3. The number of rotatable bonds is 5. The first-order valence-corrected chi connectivity index (χ1v) is 7.22. The zero-order chi connectivity index (χ0) is 13.6. The Kier molecular flexibility index (Phi) is 5.09. The van der Waals surface area contributed by atoms with Crippen molar-refractivity contribution in [3.63, 3.8) is 0 Å². The van der Waals surface area contributed by atoms with Crippen molar-refractivity contribution in [3.05, 3.63) is 41.8 Å². The Labute approximate surface area is 108 Å². The van der Waals surface area contributed by atoms with Crippen LogP contribution < -0.4 is 5.32 Å². The molecule has 4 nitrogen and oxygen atoms in total. The third kappa shape index (κ3) is 4.71. The lowest BCUT2D eigenvalue weighted by molar-refractivity contribution is -0.116. The molecule has 0 aliphatic carbocycles. The molecule has 1 aromatic rings. The molecule has 0 aliphatic rings. The van der Waals surface area contributed by atoms with E-state index in [1.54, 1.807) is 18.2 Å². The third-order valence-corrected chi connectivity index (χ3v) is 3.58. The second-order valence-corrected chi connectivity index (χ2v) is 6.13. The standard InChI is InChI=1S/C13H17NO3S/c1-11(2)10-14-13(15)8-9-18(16,17)12-6-4-3-5-7-12/h3-9,11H,10H2,1-2H3,(H,14,15). The van der Waals surface area contributed by atoms with Gasteiger partial charge in [-0.15, -0.1) is 0 Å². The molecule has 0 saturated carbocycles. The van der Waals surface area contributed by atoms with Crippen molar-refractivity contribution in [2.45, 2.75) is 18.7 Å². The van der Waals surface area contributed by atoms with E-state index in [2.05, 4.69) is 5.32 Å². The maximum Gasteiger partial charge on any atom is 0.244 e. The summed E-state index contributed by atoms with van der Waals surface area (Å²) in [6.45, 7) is 4.45. The van der Waals surface area contributed by atoms with Crippen molar-refractivity contribution in [2.75, 3.05) is 6.54 Å². The zero-order valence-electron chi connectivity index (χ0n) is 10.5. The van der Waals surface area contributed by atoms with E-state index in [9.17, 15) is 13.2 Å². The van der Waals surface area contributed by atoms with Crippen LogP contribution in [0.1, 0.15) is 13.8 Å². The molecule has 0 aliphatic heterocycles. The van der Waals surface area contributed by atoms with Crippen molar-refractivity contribution < 1.29 is 13.2 Å². The largest absolute Gasteiger partial charge is 0.352 e. The third-order valence-electron chi connectivity index (χ3n) is 2.15. The van der Waals surface area contributed by atoms with Gasteiger partial charge in [-0.05, 0) is 18.1 Å². The van der Waals surface area contributed by atoms with Crippen LogP contribution in [0.2, 0.25) is 0 Å². The number of carbonyl (C=O) groups excluding carboxylic acids is 1. The first-order chi connectivity index (χ1) is 8.42. The van der Waals surface area contributed by atoms with Gasteiger partial charge in [-0.25, -0.2) is 8.42 Å². The van der Waals surface area contributed by atoms with Crippen LogP contribution in [-0.4, -0.2) is 20.9 Å². The van der Waals surface area contributed by atoms with Gasteiger partial charge in [0.1, 0.15) is 0 Å². The fourth-order valence-electron chi connectivity index (χ4n) is 1.20. The van der Waals surface area contributed by atoms with Crippen molar-refractivity contribution >= 4 is 15.7 Å². The summed E-state index contributed by atoms with van der Waals surface area (Å²) >= 11 is 0. The summed E-state index contributed by atoms with van der Waals surface area (Å²) in [5.41, 5.74) is 0. The van der Waals surface area contributed by atoms with Crippen LogP contribution in [-0.2, 0) is 14.6 Å². The molecular weight excluding hydrogens is 250 g/mol. The van der Waals surface area contributed by atoms with Crippen LogP contribution in [0.5, 0.6) is 0 Å². The molecule has 0 spiro atoms. The van der Waals surface area contributed by atoms with Crippen LogP contribution in [0.15, 0.2) is 46.7 Å². The molecule has 0 saturated heterocycles. The lowest BCUT2D eigenvalue weighted by Gasteiger charge is -2.04. The minimum atomic E-state index is -3.54. The summed E-state index contributed by atoms with van der Waals surface area (Å²) in [4.78, 5) is 11.5. The molecule has 5 heteroatoms. The minimum absolute atomic E-state index is 0.179. The molecule has 18 heavy (non-hydrogen) atoms. The normalized spacial score (nSPS) is 11.9. The first kappa shape index (κ1) is 14.4. The van der Waals surface area contributed by atoms with E-state index in [-0.39, 0.29) is 4.90 Å². The van der Waals surface area contributed by atoms with E-state index in [4.69, 9.17) is 0 Å². The molecule has 1 N–H and O–H groups in total. The molecule has 1 aromatic carbocycles. The Morgan fingerprint density at radius 2 is 1.89 bits per heavy atom. The second-order valence-electron chi connectivity index (χ2n) is 4.30. The lowest BCUT2D eigenvalue weighted by atomic mass is 10.2. The average molecular weight is 267 g/mol. The summed E-state index contributed by atoms with van der Waals surface area (Å²) in [7, 11) is -3.54. The predicted molar refractivity (Wildman–Crippen MR) is 70.6 cm³/mol. The lowest BCUT2D eigenvalue weighted by Crippen LogP contribution is -2.25. The van der Waals surface area contributed by atoms with Crippen molar-refractivity contribution in [3.8, 4) is 0 Å². The highest BCUT2D eigenvalue weighted by atomic mass is 32.2. The molecule has 1 rings (SSSR count). The summed E-state index contributed by atoms with van der Waals surface area (Å²) in [5.74, 6) is -0.0729. The highest BCUT2D eigenvalue weighted by molar-refractivity contribution is 7.94. The van der Waals surface area contributed by atoms with Gasteiger partial charge >= 0.3 is 0 Å². The number of benzene rings is 1. The smallest absolute Gasteiger partial charge is 0.244 e. The molecule has 1 amide bonds. The highest BCUT2D eigenvalue weighted by Crippen LogP contribution is 2.10. The summed E-state index contributed by atoms with van der Waals surface area (Å²) < 4.78 is 23.6. The average Bonchev–Trinajstić information content (AvgIpc) is 2.35. The van der Waals surface area contributed by atoms with Gasteiger partial charge in [0, 0.05) is 18.0 Å². The fraction of sp³-hybridized carbons (Fsp3) is 0.308. The van der Waals surface area contributed by atoms with Gasteiger partial charge in [0.25, 0.3) is 0 Å². The van der Waals surface area contributed by atoms with Gasteiger partial charge in [-0.2, -0.15) is 0 Å². The molecule has 0 aromatic heterocycles. The molecule has 0 radical (unpaired) electrons. The topological polar surface area (TPSA) is 63.2 Å². The summed E-state index contributed by atoms with van der Waals surface area (Å²) in [6, 6.07) is 7.99. The van der Waals surface area contributed by atoms with Gasteiger partial charge in [0.05, 0.1) is 4.90 Å². The predicted octanol–water partition coefficient (Wildman–Crippen LogP) is 1.75.